The number of amides is 1. The Morgan fingerprint density at radius 1 is 1.45 bits per heavy atom. The van der Waals surface area contributed by atoms with Gasteiger partial charge in [0.1, 0.15) is 5.01 Å². The van der Waals surface area contributed by atoms with Gasteiger partial charge < -0.3 is 5.32 Å². The molecule has 2 rings (SSSR count). The summed E-state index contributed by atoms with van der Waals surface area (Å²) in [5.41, 5.74) is 1.69. The van der Waals surface area contributed by atoms with E-state index in [-0.39, 0.29) is 11.9 Å². The first-order valence-corrected chi connectivity index (χ1v) is 7.84. The Balaban J connectivity index is 2.06. The third-order valence-electron chi connectivity index (χ3n) is 3.02. The quantitative estimate of drug-likeness (QED) is 0.909. The molecule has 0 aliphatic heterocycles. The second-order valence-corrected chi connectivity index (χ2v) is 5.94. The largest absolute Gasteiger partial charge is 0.353 e. The van der Waals surface area contributed by atoms with Gasteiger partial charge in [0, 0.05) is 17.0 Å². The van der Waals surface area contributed by atoms with Gasteiger partial charge in [-0.2, -0.15) is 0 Å². The van der Waals surface area contributed by atoms with Gasteiger partial charge in [-0.05, 0) is 19.4 Å². The van der Waals surface area contributed by atoms with E-state index in [1.165, 1.54) is 11.3 Å². The number of hydrogen-bond donors (Lipinski definition) is 1. The van der Waals surface area contributed by atoms with Crippen LogP contribution in [0.5, 0.6) is 0 Å². The second kappa shape index (κ2) is 6.86. The van der Waals surface area contributed by atoms with Crippen LogP contribution in [0.25, 0.3) is 10.6 Å². The van der Waals surface area contributed by atoms with Crippen LogP contribution in [0.4, 0.5) is 0 Å². The van der Waals surface area contributed by atoms with Crippen LogP contribution in [0, 0.1) is 0 Å². The zero-order chi connectivity index (χ0) is 14.5. The number of thiazole rings is 1. The van der Waals surface area contributed by atoms with Gasteiger partial charge in [0.25, 0.3) is 0 Å². The Bertz CT molecular complexity index is 597. The first kappa shape index (κ1) is 15.0. The van der Waals surface area contributed by atoms with Crippen molar-refractivity contribution in [1.29, 1.82) is 0 Å². The normalized spacial score (nSPS) is 12.2. The predicted octanol–water partition coefficient (Wildman–Crippen LogP) is 3.92. The maximum Gasteiger partial charge on any atom is 0.226 e. The molecule has 0 bridgehead atoms. The maximum atomic E-state index is 11.8. The van der Waals surface area contributed by atoms with Crippen LogP contribution in [0.1, 0.15) is 26.0 Å². The van der Waals surface area contributed by atoms with Gasteiger partial charge in [0.15, 0.2) is 0 Å². The maximum absolute atomic E-state index is 11.8. The van der Waals surface area contributed by atoms with E-state index in [1.807, 2.05) is 43.5 Å². The van der Waals surface area contributed by atoms with Crippen molar-refractivity contribution >= 4 is 28.8 Å². The van der Waals surface area contributed by atoms with Crippen LogP contribution in [0.2, 0.25) is 5.02 Å². The van der Waals surface area contributed by atoms with Crippen LogP contribution < -0.4 is 5.32 Å². The summed E-state index contributed by atoms with van der Waals surface area (Å²) < 4.78 is 0. The molecule has 106 valence electrons. The van der Waals surface area contributed by atoms with E-state index < -0.39 is 0 Å². The number of nitrogens with one attached hydrogen (secondary N) is 1. The Labute approximate surface area is 128 Å². The summed E-state index contributed by atoms with van der Waals surface area (Å²) >= 11 is 7.66. The number of halogens is 1. The highest BCUT2D eigenvalue weighted by atomic mass is 35.5. The summed E-state index contributed by atoms with van der Waals surface area (Å²) in [4.78, 5) is 16.3. The van der Waals surface area contributed by atoms with E-state index in [0.717, 1.165) is 22.7 Å². The highest BCUT2D eigenvalue weighted by Crippen LogP contribution is 2.30. The number of carbonyl (C=O) groups is 1. The minimum Gasteiger partial charge on any atom is -0.353 e. The van der Waals surface area contributed by atoms with Gasteiger partial charge in [-0.1, -0.05) is 36.7 Å². The van der Waals surface area contributed by atoms with Crippen LogP contribution in [-0.4, -0.2) is 16.9 Å². The van der Waals surface area contributed by atoms with E-state index >= 15 is 0 Å². The SMILES string of the molecule is CCC(C)NC(=O)Cc1csc(-c2ccccc2Cl)n1. The molecule has 1 unspecified atom stereocenters. The minimum absolute atomic E-state index is 0.00959. The Morgan fingerprint density at radius 3 is 2.90 bits per heavy atom. The molecule has 20 heavy (non-hydrogen) atoms. The van der Waals surface area contributed by atoms with Crippen molar-refractivity contribution in [1.82, 2.24) is 10.3 Å². The van der Waals surface area contributed by atoms with E-state index in [4.69, 9.17) is 11.6 Å². The summed E-state index contributed by atoms with van der Waals surface area (Å²) in [6.07, 6.45) is 1.24. The topological polar surface area (TPSA) is 42.0 Å². The zero-order valence-electron chi connectivity index (χ0n) is 11.5. The van der Waals surface area contributed by atoms with Gasteiger partial charge >= 0.3 is 0 Å². The van der Waals surface area contributed by atoms with Crippen molar-refractivity contribution in [3.05, 3.63) is 40.4 Å². The molecule has 0 saturated heterocycles. The standard InChI is InChI=1S/C15H17ClN2OS/c1-3-10(2)17-14(19)8-11-9-20-15(18-11)12-6-4-5-7-13(12)16/h4-7,9-10H,3,8H2,1-2H3,(H,17,19). The molecule has 0 aliphatic carbocycles. The smallest absolute Gasteiger partial charge is 0.226 e. The zero-order valence-corrected chi connectivity index (χ0v) is 13.1. The lowest BCUT2D eigenvalue weighted by Gasteiger charge is -2.10. The first-order chi connectivity index (χ1) is 9.60. The highest BCUT2D eigenvalue weighted by Gasteiger charge is 2.11. The van der Waals surface area contributed by atoms with Crippen molar-refractivity contribution in [2.45, 2.75) is 32.7 Å². The summed E-state index contributed by atoms with van der Waals surface area (Å²) in [7, 11) is 0. The average Bonchev–Trinajstić information content (AvgIpc) is 2.87. The molecule has 1 atom stereocenters. The van der Waals surface area contributed by atoms with Gasteiger partial charge in [-0.15, -0.1) is 11.3 Å². The Morgan fingerprint density at radius 2 is 2.20 bits per heavy atom. The molecule has 1 heterocycles. The molecule has 3 nitrogen and oxygen atoms in total. The van der Waals surface area contributed by atoms with Crippen molar-refractivity contribution in [2.75, 3.05) is 0 Å². The monoisotopic (exact) mass is 308 g/mol. The number of nitrogens with zero attached hydrogens (tertiary/aromatic N) is 1. The minimum atomic E-state index is 0.00959. The summed E-state index contributed by atoms with van der Waals surface area (Å²) in [5.74, 6) is 0.00959. The number of benzene rings is 1. The summed E-state index contributed by atoms with van der Waals surface area (Å²) in [6, 6.07) is 7.79. The second-order valence-electron chi connectivity index (χ2n) is 4.68. The van der Waals surface area contributed by atoms with E-state index in [2.05, 4.69) is 10.3 Å². The van der Waals surface area contributed by atoms with Crippen molar-refractivity contribution in [3.8, 4) is 10.6 Å². The fraction of sp³-hybridized carbons (Fsp3) is 0.333. The molecule has 5 heteroatoms. The number of aromatic nitrogens is 1. The molecule has 1 amide bonds. The lowest BCUT2D eigenvalue weighted by molar-refractivity contribution is -0.121. The van der Waals surface area contributed by atoms with Gasteiger partial charge in [-0.3, -0.25) is 4.79 Å². The lowest BCUT2D eigenvalue weighted by atomic mass is 10.2. The molecule has 0 fully saturated rings. The van der Waals surface area contributed by atoms with Gasteiger partial charge in [0.05, 0.1) is 17.1 Å². The molecule has 0 saturated carbocycles. The average molecular weight is 309 g/mol. The van der Waals surface area contributed by atoms with Crippen LogP contribution in [-0.2, 0) is 11.2 Å². The summed E-state index contributed by atoms with van der Waals surface area (Å²) in [5, 5.41) is 6.38. The molecular formula is C15H17ClN2OS. The first-order valence-electron chi connectivity index (χ1n) is 6.58. The fourth-order valence-electron chi connectivity index (χ4n) is 1.74. The van der Waals surface area contributed by atoms with Crippen LogP contribution in [0.15, 0.2) is 29.6 Å². The molecule has 1 aromatic carbocycles. The molecule has 2 aromatic rings. The van der Waals surface area contributed by atoms with Gasteiger partial charge in [0.2, 0.25) is 5.91 Å². The highest BCUT2D eigenvalue weighted by molar-refractivity contribution is 7.13. The molecule has 0 aliphatic rings. The fourth-order valence-corrected chi connectivity index (χ4v) is 2.88. The molecule has 0 radical (unpaired) electrons. The molecule has 1 N–H and O–H groups in total. The number of rotatable bonds is 5. The van der Waals surface area contributed by atoms with E-state index in [0.29, 0.717) is 11.4 Å². The third-order valence-corrected chi connectivity index (χ3v) is 4.27. The Kier molecular flexibility index (Phi) is 5.15. The Hall–Kier alpha value is -1.39. The van der Waals surface area contributed by atoms with Crippen molar-refractivity contribution < 1.29 is 4.79 Å². The predicted molar refractivity (Wildman–Crippen MR) is 84.2 cm³/mol. The number of carbonyl (C=O) groups excluding carboxylic acids is 1. The van der Waals surface area contributed by atoms with E-state index in [9.17, 15) is 4.79 Å². The molecular weight excluding hydrogens is 292 g/mol. The lowest BCUT2D eigenvalue weighted by Crippen LogP contribution is -2.33. The number of hydrogen-bond acceptors (Lipinski definition) is 3. The third kappa shape index (κ3) is 3.81. The van der Waals surface area contributed by atoms with Crippen molar-refractivity contribution in [2.24, 2.45) is 0 Å². The van der Waals surface area contributed by atoms with Crippen molar-refractivity contribution in [3.63, 3.8) is 0 Å². The van der Waals surface area contributed by atoms with Gasteiger partial charge in [-0.25, -0.2) is 4.98 Å². The molecule has 1 aromatic heterocycles. The summed E-state index contributed by atoms with van der Waals surface area (Å²) in [6.45, 7) is 4.04. The molecule has 0 spiro atoms. The van der Waals surface area contributed by atoms with Crippen LogP contribution >= 0.6 is 22.9 Å². The van der Waals surface area contributed by atoms with Crippen LogP contribution in [0.3, 0.4) is 0 Å². The van der Waals surface area contributed by atoms with E-state index in [1.54, 1.807) is 0 Å².